The highest BCUT2D eigenvalue weighted by Gasteiger charge is 2.13. The molecule has 0 unspecified atom stereocenters. The van der Waals surface area contributed by atoms with Crippen molar-refractivity contribution >= 4 is 54.6 Å². The lowest BCUT2D eigenvalue weighted by Gasteiger charge is -2.05. The van der Waals surface area contributed by atoms with E-state index in [2.05, 4.69) is 26.1 Å². The van der Waals surface area contributed by atoms with E-state index in [-0.39, 0.29) is 5.91 Å². The first kappa shape index (κ1) is 17.4. The molecule has 0 radical (unpaired) electrons. The average molecular weight is 396 g/mol. The summed E-state index contributed by atoms with van der Waals surface area (Å²) < 4.78 is 1.09. The van der Waals surface area contributed by atoms with Gasteiger partial charge >= 0.3 is 0 Å². The largest absolute Gasteiger partial charge is 0.383 e. The van der Waals surface area contributed by atoms with E-state index in [0.717, 1.165) is 22.3 Å². The van der Waals surface area contributed by atoms with Crippen LogP contribution in [0.15, 0.2) is 60.7 Å². The molecule has 0 aliphatic carbocycles. The van der Waals surface area contributed by atoms with Crippen LogP contribution in [0.2, 0.25) is 0 Å². The first-order valence-corrected chi connectivity index (χ1v) is 10.1. The molecule has 0 aliphatic heterocycles. The predicted molar refractivity (Wildman–Crippen MR) is 113 cm³/mol. The van der Waals surface area contributed by atoms with Crippen molar-refractivity contribution in [3.8, 4) is 0 Å². The third-order valence-electron chi connectivity index (χ3n) is 3.80. The number of hydrogen-bond donors (Lipinski definition) is 3. The van der Waals surface area contributed by atoms with Gasteiger partial charge in [-0.25, -0.2) is 0 Å². The number of anilines is 3. The zero-order valence-corrected chi connectivity index (χ0v) is 15.9. The van der Waals surface area contributed by atoms with Crippen molar-refractivity contribution < 1.29 is 4.79 Å². The van der Waals surface area contributed by atoms with Crippen molar-refractivity contribution in [2.45, 2.75) is 0 Å². The van der Waals surface area contributed by atoms with Crippen LogP contribution in [0.3, 0.4) is 0 Å². The Morgan fingerprint density at radius 2 is 1.59 bits per heavy atom. The Kier molecular flexibility index (Phi) is 5.27. The lowest BCUT2D eigenvalue weighted by Crippen LogP contribution is -2.13. The van der Waals surface area contributed by atoms with Gasteiger partial charge in [0.1, 0.15) is 0 Å². The van der Waals surface area contributed by atoms with E-state index in [1.54, 1.807) is 0 Å². The summed E-state index contributed by atoms with van der Waals surface area (Å²) in [5, 5.41) is 19.7. The Hall–Kier alpha value is -2.97. The van der Waals surface area contributed by atoms with Gasteiger partial charge in [0.2, 0.25) is 10.3 Å². The number of carbonyl (C=O) groups excluding carboxylic acids is 1. The van der Waals surface area contributed by atoms with Crippen molar-refractivity contribution in [2.24, 2.45) is 0 Å². The molecule has 0 bridgehead atoms. The molecule has 0 spiro atoms. The Labute approximate surface area is 164 Å². The second-order valence-corrected chi connectivity index (χ2v) is 7.80. The van der Waals surface area contributed by atoms with E-state index in [1.165, 1.54) is 22.7 Å². The molecular formula is C19H17N5OS2. The average Bonchev–Trinajstić information content (AvgIpc) is 3.33. The summed E-state index contributed by atoms with van der Waals surface area (Å²) in [6, 6.07) is 19.8. The summed E-state index contributed by atoms with van der Waals surface area (Å²) in [5.41, 5.74) is 1.08. The van der Waals surface area contributed by atoms with E-state index >= 15 is 0 Å². The summed E-state index contributed by atoms with van der Waals surface area (Å²) in [6.07, 6.45) is 0. The molecule has 136 valence electrons. The number of para-hydroxylation sites is 1. The van der Waals surface area contributed by atoms with Crippen LogP contribution in [0.25, 0.3) is 10.1 Å². The molecular weight excluding hydrogens is 378 g/mol. The Bertz CT molecular complexity index is 1010. The maximum Gasteiger partial charge on any atom is 0.267 e. The van der Waals surface area contributed by atoms with Crippen molar-refractivity contribution in [1.29, 1.82) is 0 Å². The van der Waals surface area contributed by atoms with Gasteiger partial charge in [-0.15, -0.1) is 21.5 Å². The normalized spacial score (nSPS) is 10.7. The van der Waals surface area contributed by atoms with Crippen LogP contribution in [0.5, 0.6) is 0 Å². The molecule has 1 amide bonds. The molecule has 0 atom stereocenters. The van der Waals surface area contributed by atoms with Crippen molar-refractivity contribution in [3.05, 3.63) is 65.5 Å². The van der Waals surface area contributed by atoms with Gasteiger partial charge < -0.3 is 10.6 Å². The number of thiophene rings is 1. The van der Waals surface area contributed by atoms with Crippen LogP contribution in [0.1, 0.15) is 9.67 Å². The number of aromatic nitrogens is 2. The summed E-state index contributed by atoms with van der Waals surface area (Å²) >= 11 is 2.79. The molecule has 2 heterocycles. The lowest BCUT2D eigenvalue weighted by molar-refractivity contribution is 0.103. The molecule has 0 fully saturated rings. The van der Waals surface area contributed by atoms with Crippen molar-refractivity contribution in [1.82, 2.24) is 10.2 Å². The molecule has 8 heteroatoms. The monoisotopic (exact) mass is 395 g/mol. The van der Waals surface area contributed by atoms with Crippen molar-refractivity contribution in [2.75, 3.05) is 29.0 Å². The van der Waals surface area contributed by atoms with Crippen LogP contribution >= 0.6 is 22.7 Å². The fourth-order valence-electron chi connectivity index (χ4n) is 2.53. The standard InChI is InChI=1S/C19H17N5OS2/c25-17(16-12-13-6-4-5-9-15(13)26-16)22-19-24-23-18(27-19)21-11-10-20-14-7-2-1-3-8-14/h1-9,12,20H,10-11H2,(H,21,23)(H,22,24,25). The fourth-order valence-corrected chi connectivity index (χ4v) is 4.15. The fraction of sp³-hybridized carbons (Fsp3) is 0.105. The summed E-state index contributed by atoms with van der Waals surface area (Å²) in [7, 11) is 0. The van der Waals surface area contributed by atoms with Gasteiger partial charge in [-0.05, 0) is 29.7 Å². The van der Waals surface area contributed by atoms with Gasteiger partial charge in [0.05, 0.1) is 4.88 Å². The van der Waals surface area contributed by atoms with Crippen LogP contribution in [0.4, 0.5) is 16.0 Å². The number of nitrogens with zero attached hydrogens (tertiary/aromatic N) is 2. The van der Waals surface area contributed by atoms with Crippen LogP contribution in [-0.4, -0.2) is 29.2 Å². The first-order valence-electron chi connectivity index (χ1n) is 8.44. The van der Waals surface area contributed by atoms with Crippen molar-refractivity contribution in [3.63, 3.8) is 0 Å². The lowest BCUT2D eigenvalue weighted by atomic mass is 10.2. The minimum absolute atomic E-state index is 0.162. The molecule has 6 nitrogen and oxygen atoms in total. The third-order valence-corrected chi connectivity index (χ3v) is 5.71. The van der Waals surface area contributed by atoms with Crippen LogP contribution < -0.4 is 16.0 Å². The molecule has 0 saturated heterocycles. The summed E-state index contributed by atoms with van der Waals surface area (Å²) in [6.45, 7) is 1.46. The molecule has 2 aromatic carbocycles. The van der Waals surface area contributed by atoms with E-state index in [1.807, 2.05) is 60.7 Å². The molecule has 0 aliphatic rings. The number of benzene rings is 2. The van der Waals surface area contributed by atoms with Gasteiger partial charge in [0, 0.05) is 23.5 Å². The first-order chi connectivity index (χ1) is 13.3. The number of fused-ring (bicyclic) bond motifs is 1. The van der Waals surface area contributed by atoms with Gasteiger partial charge in [-0.2, -0.15) is 0 Å². The number of amides is 1. The molecule has 4 rings (SSSR count). The van der Waals surface area contributed by atoms with Gasteiger partial charge in [0.25, 0.3) is 5.91 Å². The van der Waals surface area contributed by atoms with Gasteiger partial charge in [0.15, 0.2) is 0 Å². The number of rotatable bonds is 7. The molecule has 4 aromatic rings. The number of hydrogen-bond acceptors (Lipinski definition) is 7. The quantitative estimate of drug-likeness (QED) is 0.401. The highest BCUT2D eigenvalue weighted by Crippen LogP contribution is 2.27. The van der Waals surface area contributed by atoms with Crippen LogP contribution in [-0.2, 0) is 0 Å². The number of nitrogens with one attached hydrogen (secondary N) is 3. The maximum absolute atomic E-state index is 12.4. The van der Waals surface area contributed by atoms with Crippen LogP contribution in [0, 0.1) is 0 Å². The highest BCUT2D eigenvalue weighted by atomic mass is 32.1. The summed E-state index contributed by atoms with van der Waals surface area (Å²) in [4.78, 5) is 13.1. The second kappa shape index (κ2) is 8.15. The molecule has 2 aromatic heterocycles. The Morgan fingerprint density at radius 1 is 0.852 bits per heavy atom. The predicted octanol–water partition coefficient (Wildman–Crippen LogP) is 4.53. The number of carbonyl (C=O) groups is 1. The Balaban J connectivity index is 1.29. The second-order valence-electron chi connectivity index (χ2n) is 5.73. The zero-order chi connectivity index (χ0) is 18.5. The Morgan fingerprint density at radius 3 is 2.44 bits per heavy atom. The third kappa shape index (κ3) is 4.42. The van der Waals surface area contributed by atoms with E-state index in [0.29, 0.717) is 21.7 Å². The van der Waals surface area contributed by atoms with E-state index in [4.69, 9.17) is 0 Å². The minimum Gasteiger partial charge on any atom is -0.383 e. The molecule has 0 saturated carbocycles. The SMILES string of the molecule is O=C(Nc1nnc(NCCNc2ccccc2)s1)c1cc2ccccc2s1. The van der Waals surface area contributed by atoms with E-state index in [9.17, 15) is 4.79 Å². The maximum atomic E-state index is 12.4. The smallest absolute Gasteiger partial charge is 0.267 e. The van der Waals surface area contributed by atoms with Gasteiger partial charge in [-0.1, -0.05) is 47.7 Å². The molecule has 3 N–H and O–H groups in total. The molecule has 27 heavy (non-hydrogen) atoms. The topological polar surface area (TPSA) is 78.9 Å². The minimum atomic E-state index is -0.162. The van der Waals surface area contributed by atoms with E-state index < -0.39 is 0 Å². The highest BCUT2D eigenvalue weighted by molar-refractivity contribution is 7.21. The zero-order valence-electron chi connectivity index (χ0n) is 14.3. The van der Waals surface area contributed by atoms with Gasteiger partial charge in [-0.3, -0.25) is 10.1 Å². The summed E-state index contributed by atoms with van der Waals surface area (Å²) in [5.74, 6) is -0.162.